The SMILES string of the molecule is Cn1nnnc1SCC(=O)Nc1ccc(-c2ccccc2)cc1. The summed E-state index contributed by atoms with van der Waals surface area (Å²) in [4.78, 5) is 12.0. The van der Waals surface area contributed by atoms with Gasteiger partial charge in [0.1, 0.15) is 0 Å². The number of amides is 1. The van der Waals surface area contributed by atoms with Crippen LogP contribution in [-0.4, -0.2) is 31.9 Å². The first kappa shape index (κ1) is 15.2. The number of nitrogens with zero attached hydrogens (tertiary/aromatic N) is 4. The molecule has 0 aliphatic rings. The van der Waals surface area contributed by atoms with E-state index in [0.717, 1.165) is 16.8 Å². The standard InChI is InChI=1S/C16H15N5OS/c1-21-16(18-19-20-21)23-11-15(22)17-14-9-7-13(8-10-14)12-5-3-2-4-6-12/h2-10H,11H2,1H3,(H,17,22). The quantitative estimate of drug-likeness (QED) is 0.730. The topological polar surface area (TPSA) is 72.7 Å². The molecule has 3 aromatic rings. The highest BCUT2D eigenvalue weighted by Crippen LogP contribution is 2.21. The zero-order valence-corrected chi connectivity index (χ0v) is 13.3. The van der Waals surface area contributed by atoms with Crippen LogP contribution in [0.1, 0.15) is 0 Å². The fourth-order valence-electron chi connectivity index (χ4n) is 2.05. The predicted molar refractivity (Wildman–Crippen MR) is 90.0 cm³/mol. The molecule has 0 saturated carbocycles. The number of anilines is 1. The van der Waals surface area contributed by atoms with E-state index in [0.29, 0.717) is 5.16 Å². The fourth-order valence-corrected chi connectivity index (χ4v) is 2.70. The maximum Gasteiger partial charge on any atom is 0.234 e. The van der Waals surface area contributed by atoms with Crippen molar-refractivity contribution in [3.05, 3.63) is 54.6 Å². The van der Waals surface area contributed by atoms with E-state index in [9.17, 15) is 4.79 Å². The van der Waals surface area contributed by atoms with Crippen molar-refractivity contribution < 1.29 is 4.79 Å². The summed E-state index contributed by atoms with van der Waals surface area (Å²) in [5.41, 5.74) is 3.03. The van der Waals surface area contributed by atoms with Crippen LogP contribution in [0.2, 0.25) is 0 Å². The van der Waals surface area contributed by atoms with Gasteiger partial charge in [-0.15, -0.1) is 5.10 Å². The normalized spacial score (nSPS) is 10.5. The second-order valence-corrected chi connectivity index (χ2v) is 5.81. The average Bonchev–Trinajstić information content (AvgIpc) is 3.00. The number of nitrogens with one attached hydrogen (secondary N) is 1. The molecule has 0 radical (unpaired) electrons. The number of aromatic nitrogens is 4. The average molecular weight is 325 g/mol. The summed E-state index contributed by atoms with van der Waals surface area (Å²) in [5, 5.41) is 14.6. The summed E-state index contributed by atoms with van der Waals surface area (Å²) in [6.45, 7) is 0. The number of tetrazole rings is 1. The van der Waals surface area contributed by atoms with Gasteiger partial charge in [-0.2, -0.15) is 0 Å². The zero-order chi connectivity index (χ0) is 16.1. The minimum absolute atomic E-state index is 0.0922. The van der Waals surface area contributed by atoms with Gasteiger partial charge in [0.15, 0.2) is 0 Å². The molecule has 3 rings (SSSR count). The van der Waals surface area contributed by atoms with Crippen molar-refractivity contribution in [1.29, 1.82) is 0 Å². The molecular formula is C16H15N5OS. The molecule has 0 unspecified atom stereocenters. The third-order valence-electron chi connectivity index (χ3n) is 3.19. The molecule has 0 fully saturated rings. The summed E-state index contributed by atoms with van der Waals surface area (Å²) in [6, 6.07) is 17.9. The second kappa shape index (κ2) is 7.06. The number of aryl methyl sites for hydroxylation is 1. The molecule has 1 heterocycles. The van der Waals surface area contributed by atoms with Gasteiger partial charge >= 0.3 is 0 Å². The van der Waals surface area contributed by atoms with Crippen LogP contribution in [0.15, 0.2) is 59.8 Å². The van der Waals surface area contributed by atoms with Crippen LogP contribution in [0.3, 0.4) is 0 Å². The van der Waals surface area contributed by atoms with Crippen LogP contribution >= 0.6 is 11.8 Å². The van der Waals surface area contributed by atoms with E-state index in [2.05, 4.69) is 33.0 Å². The number of benzene rings is 2. The Labute approximate surface area is 137 Å². The van der Waals surface area contributed by atoms with Crippen LogP contribution in [0.25, 0.3) is 11.1 Å². The summed E-state index contributed by atoms with van der Waals surface area (Å²) in [6.07, 6.45) is 0. The Hall–Kier alpha value is -2.67. The monoisotopic (exact) mass is 325 g/mol. The number of rotatable bonds is 5. The van der Waals surface area contributed by atoms with Gasteiger partial charge in [-0.25, -0.2) is 4.68 Å². The number of thioether (sulfide) groups is 1. The van der Waals surface area contributed by atoms with Gasteiger partial charge in [-0.1, -0.05) is 54.2 Å². The Morgan fingerprint density at radius 1 is 1.09 bits per heavy atom. The Bertz CT molecular complexity index is 786. The molecular weight excluding hydrogens is 310 g/mol. The van der Waals surface area contributed by atoms with Gasteiger partial charge in [0.2, 0.25) is 11.1 Å². The minimum Gasteiger partial charge on any atom is -0.325 e. The summed E-state index contributed by atoms with van der Waals surface area (Å²) < 4.78 is 1.53. The molecule has 0 aliphatic heterocycles. The van der Waals surface area contributed by atoms with Crippen molar-refractivity contribution >= 4 is 23.4 Å². The fraction of sp³-hybridized carbons (Fsp3) is 0.125. The molecule has 7 heteroatoms. The van der Waals surface area contributed by atoms with Crippen LogP contribution in [0.4, 0.5) is 5.69 Å². The highest BCUT2D eigenvalue weighted by molar-refractivity contribution is 7.99. The van der Waals surface area contributed by atoms with E-state index in [1.807, 2.05) is 42.5 Å². The molecule has 0 aliphatic carbocycles. The molecule has 6 nitrogen and oxygen atoms in total. The maximum atomic E-state index is 12.0. The van der Waals surface area contributed by atoms with Crippen molar-refractivity contribution in [3.63, 3.8) is 0 Å². The van der Waals surface area contributed by atoms with Crippen LogP contribution in [0.5, 0.6) is 0 Å². The lowest BCUT2D eigenvalue weighted by Gasteiger charge is -2.06. The van der Waals surface area contributed by atoms with E-state index >= 15 is 0 Å². The molecule has 23 heavy (non-hydrogen) atoms. The van der Waals surface area contributed by atoms with Crippen LogP contribution in [0, 0.1) is 0 Å². The number of hydrogen-bond acceptors (Lipinski definition) is 5. The maximum absolute atomic E-state index is 12.0. The molecule has 0 atom stereocenters. The van der Waals surface area contributed by atoms with E-state index in [-0.39, 0.29) is 11.7 Å². The second-order valence-electron chi connectivity index (χ2n) is 4.87. The lowest BCUT2D eigenvalue weighted by molar-refractivity contribution is -0.113. The molecule has 1 aromatic heterocycles. The molecule has 0 spiro atoms. The predicted octanol–water partition coefficient (Wildman–Crippen LogP) is 2.61. The van der Waals surface area contributed by atoms with Gasteiger partial charge in [-0.05, 0) is 33.7 Å². The first-order chi connectivity index (χ1) is 11.2. The van der Waals surface area contributed by atoms with E-state index in [1.165, 1.54) is 16.4 Å². The van der Waals surface area contributed by atoms with Crippen LogP contribution < -0.4 is 5.32 Å². The van der Waals surface area contributed by atoms with E-state index in [1.54, 1.807) is 7.05 Å². The minimum atomic E-state index is -0.0922. The Morgan fingerprint density at radius 2 is 1.78 bits per heavy atom. The van der Waals surface area contributed by atoms with Gasteiger partial charge in [0.25, 0.3) is 0 Å². The van der Waals surface area contributed by atoms with Gasteiger partial charge in [0.05, 0.1) is 5.75 Å². The summed E-state index contributed by atoms with van der Waals surface area (Å²) in [5.74, 6) is 0.166. The van der Waals surface area contributed by atoms with E-state index < -0.39 is 0 Å². The van der Waals surface area contributed by atoms with Crippen molar-refractivity contribution in [1.82, 2.24) is 20.2 Å². The Morgan fingerprint density at radius 3 is 2.43 bits per heavy atom. The summed E-state index contributed by atoms with van der Waals surface area (Å²) in [7, 11) is 1.74. The zero-order valence-electron chi connectivity index (χ0n) is 12.5. The van der Waals surface area contributed by atoms with Crippen molar-refractivity contribution in [2.75, 3.05) is 11.1 Å². The molecule has 1 N–H and O–H groups in total. The third kappa shape index (κ3) is 3.95. The first-order valence-corrected chi connectivity index (χ1v) is 8.01. The first-order valence-electron chi connectivity index (χ1n) is 7.03. The van der Waals surface area contributed by atoms with Crippen molar-refractivity contribution in [2.24, 2.45) is 7.05 Å². The summed E-state index contributed by atoms with van der Waals surface area (Å²) >= 11 is 1.30. The third-order valence-corrected chi connectivity index (χ3v) is 4.20. The molecule has 1 amide bonds. The van der Waals surface area contributed by atoms with Gasteiger partial charge in [0, 0.05) is 12.7 Å². The highest BCUT2D eigenvalue weighted by Gasteiger charge is 2.08. The largest absolute Gasteiger partial charge is 0.325 e. The smallest absolute Gasteiger partial charge is 0.234 e. The van der Waals surface area contributed by atoms with E-state index in [4.69, 9.17) is 0 Å². The number of carbonyl (C=O) groups excluding carboxylic acids is 1. The van der Waals surface area contributed by atoms with Gasteiger partial charge in [-0.3, -0.25) is 4.79 Å². The van der Waals surface area contributed by atoms with Gasteiger partial charge < -0.3 is 5.32 Å². The van der Waals surface area contributed by atoms with Crippen molar-refractivity contribution in [2.45, 2.75) is 5.16 Å². The molecule has 0 bridgehead atoms. The molecule has 0 saturated heterocycles. The van der Waals surface area contributed by atoms with Crippen LogP contribution in [-0.2, 0) is 11.8 Å². The number of hydrogen-bond donors (Lipinski definition) is 1. The molecule has 2 aromatic carbocycles. The Kier molecular flexibility index (Phi) is 4.68. The highest BCUT2D eigenvalue weighted by atomic mass is 32.2. The lowest BCUT2D eigenvalue weighted by Crippen LogP contribution is -2.14. The lowest BCUT2D eigenvalue weighted by atomic mass is 10.1. The molecule has 116 valence electrons. The number of carbonyl (C=O) groups is 1. The van der Waals surface area contributed by atoms with Crippen molar-refractivity contribution in [3.8, 4) is 11.1 Å². The Balaban J connectivity index is 1.58.